The Hall–Kier alpha value is -1.06. The molecule has 0 saturated heterocycles. The average molecular weight is 253 g/mol. The monoisotopic (exact) mass is 252 g/mol. The molecule has 2 rings (SSSR count). The topological polar surface area (TPSA) is 55.1 Å². The lowest BCUT2D eigenvalue weighted by Crippen LogP contribution is -2.44. The van der Waals surface area contributed by atoms with E-state index in [-0.39, 0.29) is 18.0 Å². The van der Waals surface area contributed by atoms with Crippen LogP contribution in [0.15, 0.2) is 18.2 Å². The molecule has 2 unspecified atom stereocenters. The van der Waals surface area contributed by atoms with E-state index in [9.17, 15) is 4.79 Å². The van der Waals surface area contributed by atoms with Gasteiger partial charge in [-0.2, -0.15) is 0 Å². The van der Waals surface area contributed by atoms with Gasteiger partial charge in [-0.25, -0.2) is 0 Å². The lowest BCUT2D eigenvalue weighted by molar-refractivity contribution is 0.0934. The van der Waals surface area contributed by atoms with Crippen LogP contribution in [0.3, 0.4) is 0 Å². The summed E-state index contributed by atoms with van der Waals surface area (Å²) in [6, 6.07) is 5.62. The van der Waals surface area contributed by atoms with Gasteiger partial charge in [-0.15, -0.1) is 0 Å². The zero-order chi connectivity index (χ0) is 12.4. The van der Waals surface area contributed by atoms with Crippen LogP contribution in [0.1, 0.15) is 35.2 Å². The van der Waals surface area contributed by atoms with E-state index in [1.165, 1.54) is 0 Å². The Bertz CT molecular complexity index is 433. The molecular formula is C13H17ClN2O. The number of carbonyl (C=O) groups excluding carboxylic acids is 1. The largest absolute Gasteiger partial charge is 0.348 e. The number of aryl methyl sites for hydroxylation is 1. The standard InChI is InChI=1S/C13H17ClN2O/c1-8-4-2-5-9(12(8)14)13(17)16-11-7-3-6-10(11)15/h2,4-5,10-11H,3,6-7,15H2,1H3,(H,16,17). The van der Waals surface area contributed by atoms with Crippen molar-refractivity contribution in [1.29, 1.82) is 0 Å². The van der Waals surface area contributed by atoms with Crippen molar-refractivity contribution in [3.8, 4) is 0 Å². The van der Waals surface area contributed by atoms with Gasteiger partial charge in [0.05, 0.1) is 10.6 Å². The smallest absolute Gasteiger partial charge is 0.253 e. The predicted molar refractivity (Wildman–Crippen MR) is 69.3 cm³/mol. The van der Waals surface area contributed by atoms with Gasteiger partial charge in [0, 0.05) is 12.1 Å². The summed E-state index contributed by atoms with van der Waals surface area (Å²) < 4.78 is 0. The molecule has 1 fully saturated rings. The van der Waals surface area contributed by atoms with Crippen molar-refractivity contribution in [1.82, 2.24) is 5.32 Å². The molecule has 92 valence electrons. The number of benzene rings is 1. The van der Waals surface area contributed by atoms with Crippen molar-refractivity contribution in [3.05, 3.63) is 34.3 Å². The van der Waals surface area contributed by atoms with E-state index >= 15 is 0 Å². The Morgan fingerprint density at radius 2 is 2.24 bits per heavy atom. The summed E-state index contributed by atoms with van der Waals surface area (Å²) in [6.07, 6.45) is 3.01. The summed E-state index contributed by atoms with van der Waals surface area (Å²) in [4.78, 5) is 12.1. The number of halogens is 1. The first-order chi connectivity index (χ1) is 8.09. The molecule has 3 N–H and O–H groups in total. The molecule has 0 aliphatic heterocycles. The average Bonchev–Trinajstić information content (AvgIpc) is 2.68. The van der Waals surface area contributed by atoms with Crippen molar-refractivity contribution in [2.75, 3.05) is 0 Å². The minimum atomic E-state index is -0.124. The van der Waals surface area contributed by atoms with Crippen LogP contribution in [-0.2, 0) is 0 Å². The van der Waals surface area contributed by atoms with E-state index < -0.39 is 0 Å². The van der Waals surface area contributed by atoms with Crippen LogP contribution >= 0.6 is 11.6 Å². The summed E-state index contributed by atoms with van der Waals surface area (Å²) >= 11 is 6.12. The fraction of sp³-hybridized carbons (Fsp3) is 0.462. The normalized spacial score (nSPS) is 23.7. The molecule has 1 aliphatic carbocycles. The third-order valence-corrected chi connectivity index (χ3v) is 3.82. The first kappa shape index (κ1) is 12.4. The van der Waals surface area contributed by atoms with Gasteiger partial charge in [-0.3, -0.25) is 4.79 Å². The highest BCUT2D eigenvalue weighted by Crippen LogP contribution is 2.22. The molecule has 0 bridgehead atoms. The lowest BCUT2D eigenvalue weighted by atomic mass is 10.1. The Morgan fingerprint density at radius 3 is 2.88 bits per heavy atom. The molecule has 4 heteroatoms. The van der Waals surface area contributed by atoms with Gasteiger partial charge in [0.15, 0.2) is 0 Å². The Balaban J connectivity index is 2.12. The maximum Gasteiger partial charge on any atom is 0.253 e. The van der Waals surface area contributed by atoms with Crippen molar-refractivity contribution in [3.63, 3.8) is 0 Å². The Morgan fingerprint density at radius 1 is 1.47 bits per heavy atom. The quantitative estimate of drug-likeness (QED) is 0.848. The van der Waals surface area contributed by atoms with Gasteiger partial charge in [0.1, 0.15) is 0 Å². The Kier molecular flexibility index (Phi) is 3.69. The minimum absolute atomic E-state index is 0.0718. The third-order valence-electron chi connectivity index (χ3n) is 3.32. The molecule has 0 spiro atoms. The molecule has 0 aromatic heterocycles. The zero-order valence-electron chi connectivity index (χ0n) is 9.87. The molecule has 1 saturated carbocycles. The summed E-state index contributed by atoms with van der Waals surface area (Å²) in [5.41, 5.74) is 7.37. The van der Waals surface area contributed by atoms with Crippen LogP contribution < -0.4 is 11.1 Å². The number of hydrogen-bond acceptors (Lipinski definition) is 2. The summed E-state index contributed by atoms with van der Waals surface area (Å²) in [5.74, 6) is -0.124. The molecule has 1 aromatic rings. The predicted octanol–water partition coefficient (Wildman–Crippen LogP) is 2.26. The number of carbonyl (C=O) groups is 1. The summed E-state index contributed by atoms with van der Waals surface area (Å²) in [5, 5.41) is 3.49. The summed E-state index contributed by atoms with van der Waals surface area (Å²) in [7, 11) is 0. The van der Waals surface area contributed by atoms with Gasteiger partial charge in [0.2, 0.25) is 0 Å². The van der Waals surface area contributed by atoms with Crippen LogP contribution in [0, 0.1) is 6.92 Å². The molecule has 2 atom stereocenters. The van der Waals surface area contributed by atoms with Gasteiger partial charge >= 0.3 is 0 Å². The SMILES string of the molecule is Cc1cccc(C(=O)NC2CCCC2N)c1Cl. The zero-order valence-corrected chi connectivity index (χ0v) is 10.6. The molecule has 3 nitrogen and oxygen atoms in total. The van der Waals surface area contributed by atoms with Crippen LogP contribution in [0.2, 0.25) is 5.02 Å². The van der Waals surface area contributed by atoms with E-state index in [2.05, 4.69) is 5.32 Å². The third kappa shape index (κ3) is 2.61. The maximum atomic E-state index is 12.1. The number of nitrogens with one attached hydrogen (secondary N) is 1. The molecule has 1 aromatic carbocycles. The first-order valence-corrected chi connectivity index (χ1v) is 6.29. The van der Waals surface area contributed by atoms with Crippen LogP contribution in [-0.4, -0.2) is 18.0 Å². The molecule has 0 heterocycles. The fourth-order valence-corrected chi connectivity index (χ4v) is 2.45. The van der Waals surface area contributed by atoms with Gasteiger partial charge in [-0.1, -0.05) is 23.7 Å². The van der Waals surface area contributed by atoms with E-state index in [1.807, 2.05) is 19.1 Å². The van der Waals surface area contributed by atoms with Crippen molar-refractivity contribution in [2.24, 2.45) is 5.73 Å². The number of nitrogens with two attached hydrogens (primary N) is 1. The highest BCUT2D eigenvalue weighted by Gasteiger charge is 2.26. The van der Waals surface area contributed by atoms with Gasteiger partial charge in [0.25, 0.3) is 5.91 Å². The fourth-order valence-electron chi connectivity index (χ4n) is 2.24. The lowest BCUT2D eigenvalue weighted by Gasteiger charge is -2.17. The van der Waals surface area contributed by atoms with Crippen molar-refractivity contribution < 1.29 is 4.79 Å². The van der Waals surface area contributed by atoms with E-state index in [0.29, 0.717) is 10.6 Å². The molecular weight excluding hydrogens is 236 g/mol. The van der Waals surface area contributed by atoms with Crippen LogP contribution in [0.5, 0.6) is 0 Å². The second kappa shape index (κ2) is 5.07. The molecule has 0 radical (unpaired) electrons. The highest BCUT2D eigenvalue weighted by molar-refractivity contribution is 6.34. The van der Waals surface area contributed by atoms with Crippen LogP contribution in [0.25, 0.3) is 0 Å². The Labute approximate surface area is 106 Å². The van der Waals surface area contributed by atoms with Gasteiger partial charge in [-0.05, 0) is 37.8 Å². The number of hydrogen-bond donors (Lipinski definition) is 2. The molecule has 1 amide bonds. The maximum absolute atomic E-state index is 12.1. The first-order valence-electron chi connectivity index (χ1n) is 5.91. The highest BCUT2D eigenvalue weighted by atomic mass is 35.5. The number of rotatable bonds is 2. The second-order valence-electron chi connectivity index (χ2n) is 4.61. The van der Waals surface area contributed by atoms with E-state index in [0.717, 1.165) is 24.8 Å². The molecule has 17 heavy (non-hydrogen) atoms. The van der Waals surface area contributed by atoms with E-state index in [4.69, 9.17) is 17.3 Å². The summed E-state index contributed by atoms with van der Waals surface area (Å²) in [6.45, 7) is 1.89. The number of amides is 1. The van der Waals surface area contributed by atoms with Crippen molar-refractivity contribution >= 4 is 17.5 Å². The van der Waals surface area contributed by atoms with Crippen molar-refractivity contribution in [2.45, 2.75) is 38.3 Å². The van der Waals surface area contributed by atoms with E-state index in [1.54, 1.807) is 6.07 Å². The molecule has 1 aliphatic rings. The van der Waals surface area contributed by atoms with Crippen LogP contribution in [0.4, 0.5) is 0 Å². The minimum Gasteiger partial charge on any atom is -0.348 e. The second-order valence-corrected chi connectivity index (χ2v) is 4.99. The van der Waals surface area contributed by atoms with Gasteiger partial charge < -0.3 is 11.1 Å².